The van der Waals surface area contributed by atoms with Gasteiger partial charge in [0.1, 0.15) is 6.61 Å². The van der Waals surface area contributed by atoms with Gasteiger partial charge in [0.2, 0.25) is 5.91 Å². The summed E-state index contributed by atoms with van der Waals surface area (Å²) in [4.78, 5) is 24.0. The number of methoxy groups -OCH3 is 1. The van der Waals surface area contributed by atoms with Gasteiger partial charge in [-0.1, -0.05) is 24.7 Å². The summed E-state index contributed by atoms with van der Waals surface area (Å²) in [6.45, 7) is 0.790. The molecular weight excluding hydrogens is 320 g/mol. The Balaban J connectivity index is 1.91. The number of benzene rings is 1. The van der Waals surface area contributed by atoms with Gasteiger partial charge >= 0.3 is 0 Å². The van der Waals surface area contributed by atoms with E-state index in [-0.39, 0.29) is 23.7 Å². The van der Waals surface area contributed by atoms with Crippen LogP contribution in [0.4, 0.5) is 0 Å². The van der Waals surface area contributed by atoms with Crippen LogP contribution in [0.15, 0.2) is 24.3 Å². The maximum atomic E-state index is 12.3. The summed E-state index contributed by atoms with van der Waals surface area (Å²) >= 11 is 0. The second-order valence-corrected chi connectivity index (χ2v) is 6.15. The number of nitrogens with one attached hydrogen (secondary N) is 2. The molecule has 1 aliphatic rings. The predicted octanol–water partition coefficient (Wildman–Crippen LogP) is 1.73. The Morgan fingerprint density at radius 2 is 1.96 bits per heavy atom. The van der Waals surface area contributed by atoms with Crippen molar-refractivity contribution in [1.82, 2.24) is 10.8 Å². The first-order valence-corrected chi connectivity index (χ1v) is 8.45. The lowest BCUT2D eigenvalue weighted by Crippen LogP contribution is -2.40. The van der Waals surface area contributed by atoms with Crippen molar-refractivity contribution >= 4 is 11.8 Å². The lowest BCUT2D eigenvalue weighted by atomic mass is 9.78. The molecule has 134 valence electrons. The van der Waals surface area contributed by atoms with Crippen LogP contribution in [0.25, 0.3) is 0 Å². The van der Waals surface area contributed by atoms with E-state index in [1.165, 1.54) is 0 Å². The number of ether oxygens (including phenoxy) is 1. The van der Waals surface area contributed by atoms with Crippen LogP contribution in [-0.4, -0.2) is 37.3 Å². The van der Waals surface area contributed by atoms with Crippen LogP contribution in [0, 0.1) is 23.7 Å². The molecule has 6 nitrogen and oxygen atoms in total. The minimum absolute atomic E-state index is 0.0454. The summed E-state index contributed by atoms with van der Waals surface area (Å²) < 4.78 is 4.87. The fraction of sp³-hybridized carbons (Fsp3) is 0.474. The first-order valence-electron chi connectivity index (χ1n) is 8.45. The van der Waals surface area contributed by atoms with Crippen LogP contribution in [0.3, 0.4) is 0 Å². The lowest BCUT2D eigenvalue weighted by Gasteiger charge is -2.29. The highest BCUT2D eigenvalue weighted by atomic mass is 16.5. The molecule has 0 heterocycles. The van der Waals surface area contributed by atoms with Crippen LogP contribution in [-0.2, 0) is 9.53 Å². The van der Waals surface area contributed by atoms with Crippen molar-refractivity contribution in [3.63, 3.8) is 0 Å². The van der Waals surface area contributed by atoms with E-state index in [1.807, 2.05) is 0 Å². The van der Waals surface area contributed by atoms with Crippen LogP contribution >= 0.6 is 0 Å². The molecule has 1 aliphatic carbocycles. The summed E-state index contributed by atoms with van der Waals surface area (Å²) in [6, 6.07) is 7.04. The summed E-state index contributed by atoms with van der Waals surface area (Å²) in [5.41, 5.74) is 3.11. The average Bonchev–Trinajstić information content (AvgIpc) is 2.66. The first-order chi connectivity index (χ1) is 12.2. The van der Waals surface area contributed by atoms with E-state index in [9.17, 15) is 9.59 Å². The van der Waals surface area contributed by atoms with E-state index in [2.05, 4.69) is 17.2 Å². The Morgan fingerprint density at radius 3 is 2.64 bits per heavy atom. The molecule has 1 saturated carbocycles. The third-order valence-electron chi connectivity index (χ3n) is 4.48. The summed E-state index contributed by atoms with van der Waals surface area (Å²) in [7, 11) is 1.59. The average molecular weight is 344 g/mol. The Bertz CT molecular complexity index is 646. The molecule has 0 saturated heterocycles. The van der Waals surface area contributed by atoms with Gasteiger partial charge in [0.25, 0.3) is 5.91 Å². The highest BCUT2D eigenvalue weighted by molar-refractivity contribution is 5.94. The highest BCUT2D eigenvalue weighted by Gasteiger charge is 2.30. The summed E-state index contributed by atoms with van der Waals surface area (Å²) in [5, 5.41) is 11.8. The maximum absolute atomic E-state index is 12.3. The van der Waals surface area contributed by atoms with Gasteiger partial charge in [-0.05, 0) is 43.0 Å². The molecule has 6 heteroatoms. The Kier molecular flexibility index (Phi) is 7.45. The number of hydrogen-bond donors (Lipinski definition) is 3. The summed E-state index contributed by atoms with van der Waals surface area (Å²) in [6.07, 6.45) is 3.60. The molecule has 25 heavy (non-hydrogen) atoms. The van der Waals surface area contributed by atoms with Gasteiger partial charge in [-0.25, -0.2) is 5.48 Å². The molecule has 1 aromatic carbocycles. The molecular formula is C19H24N2O4. The van der Waals surface area contributed by atoms with Gasteiger partial charge in [0, 0.05) is 30.7 Å². The van der Waals surface area contributed by atoms with E-state index in [4.69, 9.17) is 9.94 Å². The van der Waals surface area contributed by atoms with Crippen molar-refractivity contribution < 1.29 is 19.5 Å². The van der Waals surface area contributed by atoms with Crippen molar-refractivity contribution in [2.45, 2.75) is 25.7 Å². The highest BCUT2D eigenvalue weighted by Crippen LogP contribution is 2.29. The van der Waals surface area contributed by atoms with E-state index in [0.29, 0.717) is 18.7 Å². The van der Waals surface area contributed by atoms with Crippen molar-refractivity contribution in [1.29, 1.82) is 0 Å². The van der Waals surface area contributed by atoms with Crippen LogP contribution in [0.5, 0.6) is 0 Å². The number of carbonyl (C=O) groups excluding carboxylic acids is 2. The standard InChI is InChI=1S/C19H24N2O4/c1-25-12-4-5-14-8-10-15(11-9-14)18(22)20-13-16-6-2-3-7-17(16)19(23)21-24/h8-11,16-17,24H,2-3,6-7,12-13H2,1H3,(H,20,22)(H,21,23). The number of amides is 2. The van der Waals surface area contributed by atoms with Gasteiger partial charge in [-0.2, -0.15) is 0 Å². The number of carbonyl (C=O) groups is 2. The van der Waals surface area contributed by atoms with Gasteiger partial charge in [0.05, 0.1) is 0 Å². The number of hydrogen-bond acceptors (Lipinski definition) is 4. The zero-order chi connectivity index (χ0) is 18.1. The van der Waals surface area contributed by atoms with Gasteiger partial charge in [-0.15, -0.1) is 0 Å². The smallest absolute Gasteiger partial charge is 0.251 e. The Labute approximate surface area is 147 Å². The second kappa shape index (κ2) is 9.82. The van der Waals surface area contributed by atoms with Gasteiger partial charge in [0.15, 0.2) is 0 Å². The molecule has 3 N–H and O–H groups in total. The molecule has 0 aromatic heterocycles. The molecule has 2 atom stereocenters. The Hall–Kier alpha value is -2.36. The maximum Gasteiger partial charge on any atom is 0.251 e. The molecule has 2 rings (SSSR count). The topological polar surface area (TPSA) is 87.7 Å². The minimum Gasteiger partial charge on any atom is -0.372 e. The van der Waals surface area contributed by atoms with E-state index in [1.54, 1.807) is 36.9 Å². The van der Waals surface area contributed by atoms with Gasteiger partial charge < -0.3 is 10.1 Å². The van der Waals surface area contributed by atoms with Crippen LogP contribution in [0.2, 0.25) is 0 Å². The molecule has 1 aromatic rings. The third kappa shape index (κ3) is 5.59. The second-order valence-electron chi connectivity index (χ2n) is 6.15. The molecule has 2 unspecified atom stereocenters. The molecule has 2 amide bonds. The minimum atomic E-state index is -0.363. The zero-order valence-corrected chi connectivity index (χ0v) is 14.4. The van der Waals surface area contributed by atoms with E-state index < -0.39 is 0 Å². The quantitative estimate of drug-likeness (QED) is 0.431. The van der Waals surface area contributed by atoms with Gasteiger partial charge in [-0.3, -0.25) is 14.8 Å². The van der Waals surface area contributed by atoms with Crippen molar-refractivity contribution in [3.05, 3.63) is 35.4 Å². The molecule has 0 bridgehead atoms. The monoisotopic (exact) mass is 344 g/mol. The Morgan fingerprint density at radius 1 is 1.24 bits per heavy atom. The van der Waals surface area contributed by atoms with Crippen LogP contribution in [0.1, 0.15) is 41.6 Å². The normalized spacial score (nSPS) is 19.4. The summed E-state index contributed by atoms with van der Waals surface area (Å²) in [5.74, 6) is 5.06. The molecule has 0 radical (unpaired) electrons. The SMILES string of the molecule is COCC#Cc1ccc(C(=O)NCC2CCCCC2C(=O)NO)cc1. The predicted molar refractivity (Wildman–Crippen MR) is 92.9 cm³/mol. The largest absolute Gasteiger partial charge is 0.372 e. The number of rotatable bonds is 5. The molecule has 0 aliphatic heterocycles. The first kappa shape index (κ1) is 19.0. The van der Waals surface area contributed by atoms with Crippen molar-refractivity contribution in [2.75, 3.05) is 20.3 Å². The third-order valence-corrected chi connectivity index (χ3v) is 4.48. The fourth-order valence-electron chi connectivity index (χ4n) is 3.12. The van der Waals surface area contributed by atoms with E-state index >= 15 is 0 Å². The molecule has 1 fully saturated rings. The zero-order valence-electron chi connectivity index (χ0n) is 14.4. The number of hydroxylamine groups is 1. The fourth-order valence-corrected chi connectivity index (χ4v) is 3.12. The van der Waals surface area contributed by atoms with Crippen molar-refractivity contribution in [2.24, 2.45) is 11.8 Å². The van der Waals surface area contributed by atoms with Crippen LogP contribution < -0.4 is 10.8 Å². The molecule has 0 spiro atoms. The lowest BCUT2D eigenvalue weighted by molar-refractivity contribution is -0.136. The van der Waals surface area contributed by atoms with Crippen molar-refractivity contribution in [3.8, 4) is 11.8 Å². The van der Waals surface area contributed by atoms with E-state index in [0.717, 1.165) is 31.2 Å².